The Labute approximate surface area is 101 Å². The van der Waals surface area contributed by atoms with Crippen LogP contribution in [0.25, 0.3) is 0 Å². The first-order chi connectivity index (χ1) is 8.01. The third kappa shape index (κ3) is 1.73. The molecule has 17 heavy (non-hydrogen) atoms. The van der Waals surface area contributed by atoms with Crippen molar-refractivity contribution in [3.8, 4) is 0 Å². The zero-order valence-corrected chi connectivity index (χ0v) is 10.3. The number of nitrogens with one attached hydrogen (secondary N) is 1. The van der Waals surface area contributed by atoms with Crippen molar-refractivity contribution in [1.82, 2.24) is 10.2 Å². The number of barbiturate groups is 1. The highest BCUT2D eigenvalue weighted by atomic mass is 16.2. The lowest BCUT2D eigenvalue weighted by molar-refractivity contribution is -0.158. The van der Waals surface area contributed by atoms with Crippen LogP contribution < -0.4 is 5.32 Å². The summed E-state index contributed by atoms with van der Waals surface area (Å²) in [5.41, 5.74) is -0.929. The van der Waals surface area contributed by atoms with Crippen molar-refractivity contribution in [3.63, 3.8) is 0 Å². The Bertz CT molecular complexity index is 374. The summed E-state index contributed by atoms with van der Waals surface area (Å²) in [6, 6.07) is -0.558. The Morgan fingerprint density at radius 2 is 2.00 bits per heavy atom. The Morgan fingerprint density at radius 3 is 2.47 bits per heavy atom. The minimum Gasteiger partial charge on any atom is -0.277 e. The van der Waals surface area contributed by atoms with Gasteiger partial charge in [-0.05, 0) is 18.8 Å². The van der Waals surface area contributed by atoms with Gasteiger partial charge in [-0.2, -0.15) is 0 Å². The third-order valence-corrected chi connectivity index (χ3v) is 3.95. The van der Waals surface area contributed by atoms with Crippen molar-refractivity contribution in [2.45, 2.75) is 39.5 Å². The second-order valence-corrected chi connectivity index (χ2v) is 5.12. The Kier molecular flexibility index (Phi) is 2.93. The van der Waals surface area contributed by atoms with Crippen LogP contribution in [0.15, 0.2) is 0 Å². The second kappa shape index (κ2) is 4.13. The number of imide groups is 2. The number of amides is 4. The molecule has 0 aromatic carbocycles. The maximum atomic E-state index is 12.2. The molecule has 94 valence electrons. The van der Waals surface area contributed by atoms with Gasteiger partial charge in [0, 0.05) is 6.54 Å². The zero-order chi connectivity index (χ0) is 12.6. The highest BCUT2D eigenvalue weighted by Gasteiger charge is 2.57. The smallest absolute Gasteiger partial charge is 0.277 e. The molecule has 5 heteroatoms. The lowest BCUT2D eigenvalue weighted by Crippen LogP contribution is -2.66. The van der Waals surface area contributed by atoms with Gasteiger partial charge < -0.3 is 0 Å². The standard InChI is InChI=1S/C12H18N2O3/c1-3-8(2)7-14-10(16)12(5-4-6-12)9(15)13-11(14)17/h8H,3-7H2,1-2H3,(H,13,15,17). The van der Waals surface area contributed by atoms with Gasteiger partial charge in [-0.1, -0.05) is 26.7 Å². The van der Waals surface area contributed by atoms with E-state index in [1.165, 1.54) is 4.90 Å². The van der Waals surface area contributed by atoms with Crippen LogP contribution in [-0.2, 0) is 9.59 Å². The fourth-order valence-electron chi connectivity index (χ4n) is 2.31. The van der Waals surface area contributed by atoms with Gasteiger partial charge in [-0.25, -0.2) is 4.79 Å². The van der Waals surface area contributed by atoms with Crippen LogP contribution in [0, 0.1) is 11.3 Å². The van der Waals surface area contributed by atoms with Crippen LogP contribution in [0.4, 0.5) is 4.79 Å². The Hall–Kier alpha value is -1.39. The molecule has 5 nitrogen and oxygen atoms in total. The minimum atomic E-state index is -0.929. The van der Waals surface area contributed by atoms with E-state index >= 15 is 0 Å². The van der Waals surface area contributed by atoms with Crippen LogP contribution in [-0.4, -0.2) is 29.3 Å². The van der Waals surface area contributed by atoms with E-state index < -0.39 is 17.4 Å². The summed E-state index contributed by atoms with van der Waals surface area (Å²) in [6.07, 6.45) is 2.92. The minimum absolute atomic E-state index is 0.259. The molecule has 1 saturated carbocycles. The molecule has 1 aliphatic heterocycles. The predicted octanol–water partition coefficient (Wildman–Crippen LogP) is 1.28. The maximum Gasteiger partial charge on any atom is 0.330 e. The van der Waals surface area contributed by atoms with Crippen LogP contribution in [0.1, 0.15) is 39.5 Å². The molecule has 1 saturated heterocycles. The van der Waals surface area contributed by atoms with E-state index in [1.54, 1.807) is 0 Å². The molecule has 4 amide bonds. The summed E-state index contributed by atoms with van der Waals surface area (Å²) in [4.78, 5) is 36.9. The third-order valence-electron chi connectivity index (χ3n) is 3.95. The molecule has 2 fully saturated rings. The van der Waals surface area contributed by atoms with Crippen molar-refractivity contribution in [2.24, 2.45) is 11.3 Å². The first kappa shape index (κ1) is 12.1. The quantitative estimate of drug-likeness (QED) is 0.753. The van der Waals surface area contributed by atoms with E-state index in [0.29, 0.717) is 19.4 Å². The van der Waals surface area contributed by atoms with E-state index in [-0.39, 0.29) is 11.8 Å². The monoisotopic (exact) mass is 238 g/mol. The molecule has 1 atom stereocenters. The first-order valence-electron chi connectivity index (χ1n) is 6.18. The molecule has 2 aliphatic rings. The topological polar surface area (TPSA) is 66.5 Å². The molecule has 1 unspecified atom stereocenters. The second-order valence-electron chi connectivity index (χ2n) is 5.12. The van der Waals surface area contributed by atoms with Gasteiger partial charge in [0.1, 0.15) is 5.41 Å². The van der Waals surface area contributed by atoms with Crippen LogP contribution in [0.2, 0.25) is 0 Å². The van der Waals surface area contributed by atoms with Gasteiger partial charge in [-0.15, -0.1) is 0 Å². The summed E-state index contributed by atoms with van der Waals surface area (Å²) < 4.78 is 0. The van der Waals surface area contributed by atoms with Crippen molar-refractivity contribution in [2.75, 3.05) is 6.54 Å². The molecule has 0 aromatic heterocycles. The van der Waals surface area contributed by atoms with Crippen LogP contribution >= 0.6 is 0 Å². The maximum absolute atomic E-state index is 12.2. The van der Waals surface area contributed by atoms with Gasteiger partial charge >= 0.3 is 6.03 Å². The fraction of sp³-hybridized carbons (Fsp3) is 0.750. The van der Waals surface area contributed by atoms with E-state index in [2.05, 4.69) is 5.32 Å². The number of hydrogen-bond acceptors (Lipinski definition) is 3. The largest absolute Gasteiger partial charge is 0.330 e. The number of hydrogen-bond donors (Lipinski definition) is 1. The summed E-state index contributed by atoms with van der Waals surface area (Å²) in [5.74, 6) is -0.438. The molecule has 0 radical (unpaired) electrons. The number of rotatable bonds is 3. The predicted molar refractivity (Wildman–Crippen MR) is 61.0 cm³/mol. The lowest BCUT2D eigenvalue weighted by Gasteiger charge is -2.45. The Balaban J connectivity index is 2.18. The van der Waals surface area contributed by atoms with Crippen LogP contribution in [0.3, 0.4) is 0 Å². The molecule has 1 spiro atoms. The fourth-order valence-corrected chi connectivity index (χ4v) is 2.31. The van der Waals surface area contributed by atoms with E-state index in [0.717, 1.165) is 12.8 Å². The number of urea groups is 1. The van der Waals surface area contributed by atoms with Gasteiger partial charge in [0.2, 0.25) is 11.8 Å². The average Bonchev–Trinajstić information content (AvgIpc) is 2.21. The summed E-state index contributed by atoms with van der Waals surface area (Å²) in [7, 11) is 0. The molecule has 1 heterocycles. The van der Waals surface area contributed by atoms with Gasteiger partial charge in [-0.3, -0.25) is 19.8 Å². The van der Waals surface area contributed by atoms with Crippen molar-refractivity contribution < 1.29 is 14.4 Å². The van der Waals surface area contributed by atoms with E-state index in [9.17, 15) is 14.4 Å². The highest BCUT2D eigenvalue weighted by Crippen LogP contribution is 2.44. The average molecular weight is 238 g/mol. The normalized spacial score (nSPS) is 24.6. The number of nitrogens with zero attached hydrogens (tertiary/aromatic N) is 1. The van der Waals surface area contributed by atoms with Gasteiger partial charge in [0.05, 0.1) is 0 Å². The number of carbonyl (C=O) groups is 3. The van der Waals surface area contributed by atoms with Gasteiger partial charge in [0.25, 0.3) is 0 Å². The van der Waals surface area contributed by atoms with E-state index in [4.69, 9.17) is 0 Å². The van der Waals surface area contributed by atoms with Crippen molar-refractivity contribution in [1.29, 1.82) is 0 Å². The number of carbonyl (C=O) groups excluding carboxylic acids is 3. The van der Waals surface area contributed by atoms with Crippen LogP contribution in [0.5, 0.6) is 0 Å². The summed E-state index contributed by atoms with van der Waals surface area (Å²) in [6.45, 7) is 4.40. The molecular weight excluding hydrogens is 220 g/mol. The molecule has 1 aliphatic carbocycles. The molecular formula is C12H18N2O3. The summed E-state index contributed by atoms with van der Waals surface area (Å²) in [5, 5.41) is 2.31. The first-order valence-corrected chi connectivity index (χ1v) is 6.18. The van der Waals surface area contributed by atoms with Crippen molar-refractivity contribution >= 4 is 17.8 Å². The lowest BCUT2D eigenvalue weighted by atomic mass is 9.66. The van der Waals surface area contributed by atoms with E-state index in [1.807, 2.05) is 13.8 Å². The highest BCUT2D eigenvalue weighted by molar-refractivity contribution is 6.19. The molecule has 0 bridgehead atoms. The zero-order valence-electron chi connectivity index (χ0n) is 10.3. The Morgan fingerprint density at radius 1 is 1.35 bits per heavy atom. The molecule has 0 aromatic rings. The molecule has 1 N–H and O–H groups in total. The van der Waals surface area contributed by atoms with Crippen molar-refractivity contribution in [3.05, 3.63) is 0 Å². The van der Waals surface area contributed by atoms with Gasteiger partial charge in [0.15, 0.2) is 0 Å². The summed E-state index contributed by atoms with van der Waals surface area (Å²) >= 11 is 0. The SMILES string of the molecule is CCC(C)CN1C(=O)NC(=O)C2(CCC2)C1=O. The molecule has 2 rings (SSSR count).